The van der Waals surface area contributed by atoms with Crippen LogP contribution in [0.15, 0.2) is 22.6 Å². The van der Waals surface area contributed by atoms with Gasteiger partial charge in [-0.25, -0.2) is 0 Å². The van der Waals surface area contributed by atoms with Crippen LogP contribution in [0.3, 0.4) is 0 Å². The number of nitriles is 1. The van der Waals surface area contributed by atoms with Gasteiger partial charge < -0.3 is 15.1 Å². The molecule has 2 aromatic rings. The average molecular weight is 242 g/mol. The molecule has 0 amide bonds. The molecule has 18 heavy (non-hydrogen) atoms. The molecule has 1 fully saturated rings. The molecule has 0 saturated heterocycles. The number of aromatic nitrogens is 1. The number of anilines is 2. The van der Waals surface area contributed by atoms with Gasteiger partial charge in [0, 0.05) is 12.6 Å². The minimum atomic E-state index is 0.465. The van der Waals surface area contributed by atoms with Gasteiger partial charge in [0.2, 0.25) is 0 Å². The zero-order valence-corrected chi connectivity index (χ0v) is 9.97. The van der Waals surface area contributed by atoms with E-state index in [0.717, 1.165) is 12.8 Å². The van der Waals surface area contributed by atoms with E-state index >= 15 is 0 Å². The molecule has 1 saturated carbocycles. The summed E-state index contributed by atoms with van der Waals surface area (Å²) < 4.78 is 5.73. The van der Waals surface area contributed by atoms with E-state index in [9.17, 15) is 0 Å². The first kappa shape index (κ1) is 10.9. The monoisotopic (exact) mass is 242 g/mol. The molecule has 5 nitrogen and oxygen atoms in total. The van der Waals surface area contributed by atoms with E-state index in [1.807, 2.05) is 18.2 Å². The molecule has 2 N–H and O–H groups in total. The summed E-state index contributed by atoms with van der Waals surface area (Å²) >= 11 is 0. The fourth-order valence-electron chi connectivity index (χ4n) is 2.07. The normalized spacial score (nSPS) is 14.6. The van der Waals surface area contributed by atoms with Gasteiger partial charge >= 0.3 is 0 Å². The minimum Gasteiger partial charge on any atom is -0.423 e. The molecule has 92 valence electrons. The zero-order chi connectivity index (χ0) is 12.5. The lowest BCUT2D eigenvalue weighted by Gasteiger charge is -2.17. The Bertz CT molecular complexity index is 609. The molecule has 1 aliphatic carbocycles. The quantitative estimate of drug-likeness (QED) is 0.832. The second kappa shape index (κ2) is 4.22. The molecule has 5 heteroatoms. The minimum absolute atomic E-state index is 0.465. The van der Waals surface area contributed by atoms with Crippen molar-refractivity contribution >= 4 is 22.8 Å². The van der Waals surface area contributed by atoms with Crippen molar-refractivity contribution in [1.82, 2.24) is 4.98 Å². The van der Waals surface area contributed by atoms with Gasteiger partial charge in [0.25, 0.3) is 6.01 Å². The Morgan fingerprint density at radius 2 is 2.33 bits per heavy atom. The molecule has 0 bridgehead atoms. The first-order valence-corrected chi connectivity index (χ1v) is 6.08. The van der Waals surface area contributed by atoms with E-state index in [1.165, 1.54) is 0 Å². The molecular weight excluding hydrogens is 228 g/mol. The summed E-state index contributed by atoms with van der Waals surface area (Å²) in [6, 6.07) is 8.73. The lowest BCUT2D eigenvalue weighted by molar-refractivity contribution is 0.564. The van der Waals surface area contributed by atoms with Crippen molar-refractivity contribution in [2.45, 2.75) is 25.3 Å². The van der Waals surface area contributed by atoms with Crippen LogP contribution in [0.5, 0.6) is 0 Å². The highest BCUT2D eigenvalue weighted by atomic mass is 16.4. The third-order valence-electron chi connectivity index (χ3n) is 3.14. The summed E-state index contributed by atoms with van der Waals surface area (Å²) in [5.74, 6) is 0. The van der Waals surface area contributed by atoms with Crippen molar-refractivity contribution in [2.24, 2.45) is 0 Å². The molecule has 1 aromatic heterocycles. The van der Waals surface area contributed by atoms with E-state index in [0.29, 0.717) is 41.8 Å². The van der Waals surface area contributed by atoms with Crippen molar-refractivity contribution in [2.75, 3.05) is 17.2 Å². The van der Waals surface area contributed by atoms with Gasteiger partial charge in [0.05, 0.1) is 18.2 Å². The molecule has 0 atom stereocenters. The fourth-order valence-corrected chi connectivity index (χ4v) is 2.07. The molecule has 1 heterocycles. The fraction of sp³-hybridized carbons (Fsp3) is 0.385. The van der Waals surface area contributed by atoms with Crippen LogP contribution in [0, 0.1) is 11.3 Å². The van der Waals surface area contributed by atoms with Crippen molar-refractivity contribution in [3.05, 3.63) is 18.2 Å². The maximum Gasteiger partial charge on any atom is 0.298 e. The topological polar surface area (TPSA) is 79.1 Å². The molecule has 1 aromatic carbocycles. The van der Waals surface area contributed by atoms with Gasteiger partial charge in [-0.3, -0.25) is 0 Å². The Morgan fingerprint density at radius 1 is 1.50 bits per heavy atom. The SMILES string of the molecule is N#CCCN(c1nc2c(N)cccc2o1)C1CC1. The summed E-state index contributed by atoms with van der Waals surface area (Å²) in [5, 5.41) is 8.70. The van der Waals surface area contributed by atoms with Gasteiger partial charge in [0.1, 0.15) is 5.52 Å². The molecule has 1 aliphatic rings. The van der Waals surface area contributed by atoms with E-state index in [1.54, 1.807) is 0 Å². The Labute approximate surface area is 105 Å². The second-order valence-electron chi connectivity index (χ2n) is 4.52. The Kier molecular flexibility index (Phi) is 2.56. The van der Waals surface area contributed by atoms with Crippen molar-refractivity contribution < 1.29 is 4.42 Å². The summed E-state index contributed by atoms with van der Waals surface area (Å²) in [4.78, 5) is 6.52. The first-order valence-electron chi connectivity index (χ1n) is 6.08. The number of benzene rings is 1. The Hall–Kier alpha value is -2.22. The molecular formula is C13H14N4O. The number of nitrogens with two attached hydrogens (primary N) is 1. The largest absolute Gasteiger partial charge is 0.423 e. The van der Waals surface area contributed by atoms with E-state index in [2.05, 4.69) is 16.0 Å². The lowest BCUT2D eigenvalue weighted by atomic mass is 10.3. The van der Waals surface area contributed by atoms with Crippen LogP contribution in [-0.2, 0) is 0 Å². The number of rotatable bonds is 4. The highest BCUT2D eigenvalue weighted by Gasteiger charge is 2.32. The molecule has 3 rings (SSSR count). The van der Waals surface area contributed by atoms with Gasteiger partial charge in [-0.1, -0.05) is 6.07 Å². The second-order valence-corrected chi connectivity index (χ2v) is 4.52. The molecule has 0 aliphatic heterocycles. The van der Waals surface area contributed by atoms with Crippen molar-refractivity contribution in [3.8, 4) is 6.07 Å². The van der Waals surface area contributed by atoms with E-state index < -0.39 is 0 Å². The average Bonchev–Trinajstić information content (AvgIpc) is 3.09. The number of nitrogens with zero attached hydrogens (tertiary/aromatic N) is 3. The van der Waals surface area contributed by atoms with Crippen LogP contribution in [0.1, 0.15) is 19.3 Å². The van der Waals surface area contributed by atoms with Crippen LogP contribution in [0.25, 0.3) is 11.1 Å². The van der Waals surface area contributed by atoms with E-state index in [4.69, 9.17) is 15.4 Å². The maximum absolute atomic E-state index is 8.70. The highest BCUT2D eigenvalue weighted by Crippen LogP contribution is 2.34. The third kappa shape index (κ3) is 1.86. The van der Waals surface area contributed by atoms with Crippen LogP contribution in [0.4, 0.5) is 11.7 Å². The van der Waals surface area contributed by atoms with Crippen LogP contribution in [0.2, 0.25) is 0 Å². The van der Waals surface area contributed by atoms with Crippen molar-refractivity contribution in [3.63, 3.8) is 0 Å². The summed E-state index contributed by atoms with van der Waals surface area (Å²) in [7, 11) is 0. The van der Waals surface area contributed by atoms with Gasteiger partial charge in [-0.2, -0.15) is 10.2 Å². The van der Waals surface area contributed by atoms with Crippen LogP contribution < -0.4 is 10.6 Å². The maximum atomic E-state index is 8.70. The summed E-state index contributed by atoms with van der Waals surface area (Å²) in [6.45, 7) is 0.661. The first-order chi connectivity index (χ1) is 8.79. The smallest absolute Gasteiger partial charge is 0.298 e. The number of nitrogen functional groups attached to an aromatic ring is 1. The van der Waals surface area contributed by atoms with Crippen LogP contribution in [-0.4, -0.2) is 17.6 Å². The van der Waals surface area contributed by atoms with Gasteiger partial charge in [-0.15, -0.1) is 0 Å². The number of hydrogen-bond donors (Lipinski definition) is 1. The summed E-state index contributed by atoms with van der Waals surface area (Å²) in [6.07, 6.45) is 2.75. The Balaban J connectivity index is 1.96. The molecule has 0 unspecified atom stereocenters. The van der Waals surface area contributed by atoms with Crippen LogP contribution >= 0.6 is 0 Å². The number of oxazole rings is 1. The lowest BCUT2D eigenvalue weighted by Crippen LogP contribution is -2.26. The standard InChI is InChI=1S/C13H14N4O/c14-7-2-8-17(9-5-6-9)13-16-12-10(15)3-1-4-11(12)18-13/h1,3-4,9H,2,5-6,8,15H2. The van der Waals surface area contributed by atoms with Gasteiger partial charge in [-0.05, 0) is 25.0 Å². The summed E-state index contributed by atoms with van der Waals surface area (Å²) in [5.41, 5.74) is 7.90. The highest BCUT2D eigenvalue weighted by molar-refractivity contribution is 5.86. The van der Waals surface area contributed by atoms with Gasteiger partial charge in [0.15, 0.2) is 5.58 Å². The predicted molar refractivity (Wildman–Crippen MR) is 69.0 cm³/mol. The Morgan fingerprint density at radius 3 is 3.00 bits per heavy atom. The number of hydrogen-bond acceptors (Lipinski definition) is 5. The molecule has 0 radical (unpaired) electrons. The number of para-hydroxylation sites is 1. The number of fused-ring (bicyclic) bond motifs is 1. The predicted octanol–water partition coefficient (Wildman–Crippen LogP) is 2.29. The molecule has 0 spiro atoms. The zero-order valence-electron chi connectivity index (χ0n) is 9.97. The van der Waals surface area contributed by atoms with Crippen molar-refractivity contribution in [1.29, 1.82) is 5.26 Å². The van der Waals surface area contributed by atoms with E-state index in [-0.39, 0.29) is 0 Å². The third-order valence-corrected chi connectivity index (χ3v) is 3.14.